The van der Waals surface area contributed by atoms with Crippen LogP contribution in [0.25, 0.3) is 130 Å². The molecule has 0 amide bonds. The molecule has 0 spiro atoms. The summed E-state index contributed by atoms with van der Waals surface area (Å²) in [6.07, 6.45) is 35.9. The van der Waals surface area contributed by atoms with Crippen molar-refractivity contribution in [2.75, 3.05) is 0 Å². The van der Waals surface area contributed by atoms with E-state index in [1.165, 1.54) is 66.8 Å². The number of nitrogens with one attached hydrogen (secondary N) is 2. The largest absolute Gasteiger partial charge is 0.355 e. The minimum atomic E-state index is -0.0101. The van der Waals surface area contributed by atoms with E-state index < -0.39 is 0 Å². The number of aromatic nitrogens is 4. The van der Waals surface area contributed by atoms with Gasteiger partial charge < -0.3 is 9.97 Å². The van der Waals surface area contributed by atoms with Crippen molar-refractivity contribution in [1.82, 2.24) is 19.9 Å². The SMILES string of the molecule is CC(C)(C)c1cc(C=Cc2cc(C=Cc3cc(C=Cc4cc(C=Cc5cc(C(C)(C)C)cc(C(C)(C)C)c5)cc(C=Cc5cc(C(C)(C)C)cc(C(C)(C)C)c5)c4)cc(-c4cc5cc6nc(cc7ccc(cc8nc(cc4[nH]5)C=C8)[nH]7)C=C6)c3)cc(C=Cc3cc(C(C)(C)C)cc(C(C)(C)C)c3)c2)cc(C(C)(C)C)c1. The predicted molar refractivity (Wildman–Crippen MR) is 486 cm³/mol. The van der Waals surface area contributed by atoms with Crippen LogP contribution in [0.15, 0.2) is 170 Å². The summed E-state index contributed by atoms with van der Waals surface area (Å²) in [6, 6.07) is 64.4. The van der Waals surface area contributed by atoms with Gasteiger partial charge in [0, 0.05) is 27.6 Å². The molecule has 7 aromatic carbocycles. The molecule has 110 heavy (non-hydrogen) atoms. The summed E-state index contributed by atoms with van der Waals surface area (Å²) in [5, 5.41) is 0. The van der Waals surface area contributed by atoms with Crippen LogP contribution in [0.4, 0.5) is 0 Å². The van der Waals surface area contributed by atoms with Gasteiger partial charge in [0.1, 0.15) is 0 Å². The molecule has 0 unspecified atom stereocenters. The summed E-state index contributed by atoms with van der Waals surface area (Å²) in [5.74, 6) is 0. The summed E-state index contributed by atoms with van der Waals surface area (Å²) in [6.45, 7) is 55.5. The quantitative estimate of drug-likeness (QED) is 0.113. The maximum Gasteiger partial charge on any atom is 0.0658 e. The van der Waals surface area contributed by atoms with Crippen LogP contribution in [0.1, 0.15) is 300 Å². The summed E-state index contributed by atoms with van der Waals surface area (Å²) in [7, 11) is 0. The van der Waals surface area contributed by atoms with E-state index in [0.717, 1.165) is 100 Å². The van der Waals surface area contributed by atoms with Gasteiger partial charge in [0.2, 0.25) is 0 Å². The fourth-order valence-corrected chi connectivity index (χ4v) is 13.9. The Bertz CT molecular complexity index is 5000. The first-order valence-corrected chi connectivity index (χ1v) is 39.6. The highest BCUT2D eigenvalue weighted by Crippen LogP contribution is 2.38. The molecule has 3 aromatic heterocycles. The number of nitrogens with zero attached hydrogens (tertiary/aromatic N) is 2. The standard InChI is InChI=1S/C106H118N4/c1-99(2,3)82-52-77(53-83(60-82)100(4,5)6)33-27-71-43-69(44-72(47-71)28-34-78-54-84(101(7,8)9)61-85(55-78)102(10,11)12)25-31-75-49-76(51-81(50-75)97-67-96-66-94-40-39-92(108-94)64-90-37-38-91(107-90)65-93-41-42-95(109-93)68-98(97)110-96)32-26-70-45-73(29-35-79-56-86(103(13,14)15)62-87(57-79)104(16,17)18)48-74(46-70)30-36-80-58-88(105(19,20)21)63-89(59-80)106(22,23)24/h25-68,107,110H,1-24H3. The van der Waals surface area contributed by atoms with Crippen molar-refractivity contribution in [3.63, 3.8) is 0 Å². The van der Waals surface area contributed by atoms with E-state index in [1.54, 1.807) is 0 Å². The summed E-state index contributed by atoms with van der Waals surface area (Å²) >= 11 is 0. The first kappa shape index (κ1) is 79.1. The summed E-state index contributed by atoms with van der Waals surface area (Å²) in [4.78, 5) is 17.6. The van der Waals surface area contributed by atoms with Gasteiger partial charge in [-0.3, -0.25) is 0 Å². The molecular weight excluding hydrogens is 1330 g/mol. The lowest BCUT2D eigenvalue weighted by Gasteiger charge is -2.25. The molecule has 2 aliphatic rings. The highest BCUT2D eigenvalue weighted by molar-refractivity contribution is 5.91. The Labute approximate surface area is 659 Å². The van der Waals surface area contributed by atoms with Gasteiger partial charge in [0.25, 0.3) is 0 Å². The average Bonchev–Trinajstić information content (AvgIpc) is 1.35. The van der Waals surface area contributed by atoms with Gasteiger partial charge in [-0.1, -0.05) is 312 Å². The molecule has 4 heteroatoms. The number of hydrogen-bond acceptors (Lipinski definition) is 2. The first-order valence-electron chi connectivity index (χ1n) is 39.6. The van der Waals surface area contributed by atoms with Crippen LogP contribution in [0, 0.1) is 0 Å². The number of benzene rings is 7. The zero-order valence-corrected chi connectivity index (χ0v) is 70.3. The van der Waals surface area contributed by atoms with Gasteiger partial charge in [-0.05, 0) is 282 Å². The molecule has 0 saturated carbocycles. The molecule has 0 atom stereocenters. The number of hydrogen-bond donors (Lipinski definition) is 2. The van der Waals surface area contributed by atoms with Crippen molar-refractivity contribution in [2.24, 2.45) is 0 Å². The van der Waals surface area contributed by atoms with E-state index >= 15 is 0 Å². The van der Waals surface area contributed by atoms with Gasteiger partial charge in [0.05, 0.1) is 22.8 Å². The van der Waals surface area contributed by atoms with Crippen molar-refractivity contribution in [1.29, 1.82) is 0 Å². The Kier molecular flexibility index (Phi) is 21.9. The highest BCUT2D eigenvalue weighted by atomic mass is 14.8. The van der Waals surface area contributed by atoms with Crippen LogP contribution < -0.4 is 0 Å². The molecule has 8 bridgehead atoms. The molecule has 5 heterocycles. The molecule has 562 valence electrons. The maximum absolute atomic E-state index is 5.15. The Morgan fingerprint density at radius 1 is 0.200 bits per heavy atom. The number of aromatic amines is 2. The maximum atomic E-state index is 5.15. The second-order valence-corrected chi connectivity index (χ2v) is 39.2. The zero-order chi connectivity index (χ0) is 79.3. The third kappa shape index (κ3) is 20.5. The Balaban J connectivity index is 1.04. The van der Waals surface area contributed by atoms with Crippen LogP contribution in [0.5, 0.6) is 0 Å². The van der Waals surface area contributed by atoms with E-state index in [-0.39, 0.29) is 43.3 Å². The number of H-pyrrole nitrogens is 2. The second-order valence-electron chi connectivity index (χ2n) is 39.2. The lowest BCUT2D eigenvalue weighted by Crippen LogP contribution is -2.16. The Morgan fingerprint density at radius 3 is 0.627 bits per heavy atom. The molecule has 0 saturated heterocycles. The predicted octanol–water partition coefficient (Wildman–Crippen LogP) is 29.7. The van der Waals surface area contributed by atoms with Crippen LogP contribution in [-0.4, -0.2) is 19.9 Å². The topological polar surface area (TPSA) is 57.4 Å². The second kappa shape index (κ2) is 30.4. The smallest absolute Gasteiger partial charge is 0.0658 e. The third-order valence-electron chi connectivity index (χ3n) is 21.0. The monoisotopic (exact) mass is 1450 g/mol. The van der Waals surface area contributed by atoms with Gasteiger partial charge in [-0.25, -0.2) is 9.97 Å². The van der Waals surface area contributed by atoms with E-state index in [1.807, 2.05) is 0 Å². The van der Waals surface area contributed by atoms with E-state index in [9.17, 15) is 0 Å². The highest BCUT2D eigenvalue weighted by Gasteiger charge is 2.25. The summed E-state index contributed by atoms with van der Waals surface area (Å²) < 4.78 is 0. The fourth-order valence-electron chi connectivity index (χ4n) is 13.9. The van der Waals surface area contributed by atoms with Crippen molar-refractivity contribution in [3.05, 3.63) is 304 Å². The van der Waals surface area contributed by atoms with Crippen molar-refractivity contribution >= 4 is 119 Å². The first-order chi connectivity index (χ1) is 51.3. The van der Waals surface area contributed by atoms with Gasteiger partial charge in [0.15, 0.2) is 0 Å². The van der Waals surface area contributed by atoms with Crippen LogP contribution >= 0.6 is 0 Å². The van der Waals surface area contributed by atoms with Gasteiger partial charge in [-0.15, -0.1) is 0 Å². The zero-order valence-electron chi connectivity index (χ0n) is 70.3. The summed E-state index contributed by atoms with van der Waals surface area (Å²) in [5.41, 5.74) is 33.6. The Hall–Kier alpha value is -10.4. The van der Waals surface area contributed by atoms with E-state index in [2.05, 4.69) is 443 Å². The molecule has 0 fully saturated rings. The molecular formula is C106H118N4. The van der Waals surface area contributed by atoms with Crippen molar-refractivity contribution in [2.45, 2.75) is 209 Å². The van der Waals surface area contributed by atoms with Crippen molar-refractivity contribution < 1.29 is 0 Å². The van der Waals surface area contributed by atoms with Crippen LogP contribution in [-0.2, 0) is 43.3 Å². The van der Waals surface area contributed by atoms with Gasteiger partial charge in [-0.2, -0.15) is 0 Å². The lowest BCUT2D eigenvalue weighted by atomic mass is 9.79. The minimum Gasteiger partial charge on any atom is -0.355 e. The number of rotatable bonds is 13. The normalized spacial score (nSPS) is 13.7. The van der Waals surface area contributed by atoms with Gasteiger partial charge >= 0.3 is 0 Å². The number of fused-ring (bicyclic) bond motifs is 8. The molecule has 4 nitrogen and oxygen atoms in total. The average molecular weight is 1450 g/mol. The molecule has 12 rings (SSSR count). The van der Waals surface area contributed by atoms with E-state index in [0.29, 0.717) is 0 Å². The lowest BCUT2D eigenvalue weighted by molar-refractivity contribution is 0.568. The molecule has 0 aliphatic carbocycles. The minimum absolute atomic E-state index is 0.0101. The fraction of sp³-hybridized carbons (Fsp3) is 0.302. The van der Waals surface area contributed by atoms with Crippen LogP contribution in [0.3, 0.4) is 0 Å². The molecule has 10 aromatic rings. The molecule has 0 radical (unpaired) electrons. The molecule has 2 aliphatic heterocycles. The van der Waals surface area contributed by atoms with E-state index in [4.69, 9.17) is 9.97 Å². The Morgan fingerprint density at radius 2 is 0.400 bits per heavy atom. The molecule has 2 N–H and O–H groups in total. The van der Waals surface area contributed by atoms with Crippen LogP contribution in [0.2, 0.25) is 0 Å². The van der Waals surface area contributed by atoms with Crippen molar-refractivity contribution in [3.8, 4) is 11.1 Å². The third-order valence-corrected chi connectivity index (χ3v) is 21.0.